The van der Waals surface area contributed by atoms with Crippen LogP contribution in [0.15, 0.2) is 36.4 Å². The molecule has 0 fully saturated rings. The van der Waals surface area contributed by atoms with Crippen LogP contribution in [-0.2, 0) is 4.43 Å². The van der Waals surface area contributed by atoms with E-state index < -0.39 is 8.32 Å². The first-order valence-corrected chi connectivity index (χ1v) is 11.1. The second-order valence-corrected chi connectivity index (χ2v) is 12.0. The zero-order chi connectivity index (χ0) is 15.9. The molecule has 0 aliphatic rings. The summed E-state index contributed by atoms with van der Waals surface area (Å²) in [6, 6.07) is 10.5. The van der Waals surface area contributed by atoms with Crippen molar-refractivity contribution in [3.8, 4) is 0 Å². The molecule has 1 aromatic rings. The van der Waals surface area contributed by atoms with Crippen LogP contribution in [-0.4, -0.2) is 8.32 Å². The van der Waals surface area contributed by atoms with Crippen LogP contribution >= 0.6 is 0 Å². The number of benzene rings is 1. The van der Waals surface area contributed by atoms with Gasteiger partial charge in [-0.15, -0.1) is 0 Å². The van der Waals surface area contributed by atoms with Crippen molar-refractivity contribution in [2.75, 3.05) is 0 Å². The first-order chi connectivity index (χ1) is 9.78. The van der Waals surface area contributed by atoms with Gasteiger partial charge in [0.2, 0.25) is 8.32 Å². The summed E-state index contributed by atoms with van der Waals surface area (Å²) in [4.78, 5) is 0. The third kappa shape index (κ3) is 5.70. The van der Waals surface area contributed by atoms with E-state index in [1.807, 2.05) is 0 Å². The van der Waals surface area contributed by atoms with E-state index in [2.05, 4.69) is 77.2 Å². The second kappa shape index (κ2) is 7.84. The lowest BCUT2D eigenvalue weighted by atomic mass is 10.1. The van der Waals surface area contributed by atoms with Gasteiger partial charge in [0, 0.05) is 5.56 Å². The molecular formula is C19H32OSi. The molecule has 0 atom stereocenters. The molecule has 0 bridgehead atoms. The monoisotopic (exact) mass is 304 g/mol. The lowest BCUT2D eigenvalue weighted by Crippen LogP contribution is -2.40. The Bertz CT molecular complexity index is 440. The first kappa shape index (κ1) is 18.0. The highest BCUT2D eigenvalue weighted by Gasteiger charge is 2.39. The molecule has 1 rings (SSSR count). The largest absolute Gasteiger partial charge is 0.543 e. The Balaban J connectivity index is 2.93. The Hall–Kier alpha value is -1.02. The van der Waals surface area contributed by atoms with E-state index in [9.17, 15) is 0 Å². The molecule has 0 heterocycles. The van der Waals surface area contributed by atoms with Crippen molar-refractivity contribution in [1.29, 1.82) is 0 Å². The maximum atomic E-state index is 6.57. The average molecular weight is 305 g/mol. The van der Waals surface area contributed by atoms with E-state index in [-0.39, 0.29) is 5.04 Å². The van der Waals surface area contributed by atoms with Gasteiger partial charge in [-0.2, -0.15) is 0 Å². The van der Waals surface area contributed by atoms with E-state index in [1.54, 1.807) is 0 Å². The number of allylic oxidation sites excluding steroid dienone is 1. The second-order valence-electron chi connectivity index (χ2n) is 7.29. The highest BCUT2D eigenvalue weighted by atomic mass is 28.4. The van der Waals surface area contributed by atoms with Gasteiger partial charge in [-0.3, -0.25) is 0 Å². The van der Waals surface area contributed by atoms with Crippen LogP contribution in [0.3, 0.4) is 0 Å². The molecule has 0 aliphatic carbocycles. The topological polar surface area (TPSA) is 9.23 Å². The minimum absolute atomic E-state index is 0.226. The average Bonchev–Trinajstić information content (AvgIpc) is 2.42. The SMILES string of the molecule is CCCCC/C=C(/O[Si](C)(C)C(C)(C)C)c1ccccc1. The molecule has 21 heavy (non-hydrogen) atoms. The summed E-state index contributed by atoms with van der Waals surface area (Å²) in [7, 11) is -1.79. The van der Waals surface area contributed by atoms with Crippen molar-refractivity contribution in [3.63, 3.8) is 0 Å². The highest BCUT2D eigenvalue weighted by Crippen LogP contribution is 2.39. The van der Waals surface area contributed by atoms with Crippen molar-refractivity contribution in [3.05, 3.63) is 42.0 Å². The minimum Gasteiger partial charge on any atom is -0.543 e. The Labute approximate surface area is 132 Å². The van der Waals surface area contributed by atoms with E-state index >= 15 is 0 Å². The molecule has 1 aromatic carbocycles. The Kier molecular flexibility index (Phi) is 6.73. The van der Waals surface area contributed by atoms with Gasteiger partial charge < -0.3 is 4.43 Å². The van der Waals surface area contributed by atoms with Gasteiger partial charge in [0.05, 0.1) is 0 Å². The fourth-order valence-electron chi connectivity index (χ4n) is 1.88. The number of unbranched alkanes of at least 4 members (excludes halogenated alkanes) is 3. The van der Waals surface area contributed by atoms with Crippen LogP contribution in [0, 0.1) is 0 Å². The van der Waals surface area contributed by atoms with Crippen LogP contribution in [0.25, 0.3) is 5.76 Å². The van der Waals surface area contributed by atoms with Gasteiger partial charge >= 0.3 is 0 Å². The highest BCUT2D eigenvalue weighted by molar-refractivity contribution is 6.74. The van der Waals surface area contributed by atoms with Crippen molar-refractivity contribution >= 4 is 14.1 Å². The zero-order valence-electron chi connectivity index (χ0n) is 14.7. The summed E-state index contributed by atoms with van der Waals surface area (Å²) in [5, 5.41) is 0.226. The van der Waals surface area contributed by atoms with Crippen LogP contribution in [0.2, 0.25) is 18.1 Å². The van der Waals surface area contributed by atoms with E-state index in [0.29, 0.717) is 0 Å². The summed E-state index contributed by atoms with van der Waals surface area (Å²) < 4.78 is 6.57. The van der Waals surface area contributed by atoms with E-state index in [1.165, 1.54) is 24.8 Å². The Morgan fingerprint density at radius 1 is 1.10 bits per heavy atom. The molecule has 0 aromatic heterocycles. The van der Waals surface area contributed by atoms with Crippen LogP contribution in [0.4, 0.5) is 0 Å². The molecule has 0 saturated heterocycles. The van der Waals surface area contributed by atoms with Gasteiger partial charge in [0.1, 0.15) is 5.76 Å². The number of hydrogen-bond acceptors (Lipinski definition) is 1. The molecule has 0 saturated carbocycles. The predicted octanol–water partition coefficient (Wildman–Crippen LogP) is 6.63. The van der Waals surface area contributed by atoms with Gasteiger partial charge in [0.25, 0.3) is 0 Å². The summed E-state index contributed by atoms with van der Waals surface area (Å²) >= 11 is 0. The summed E-state index contributed by atoms with van der Waals surface area (Å²) in [6.45, 7) is 13.7. The van der Waals surface area contributed by atoms with Gasteiger partial charge in [0.15, 0.2) is 0 Å². The molecule has 2 heteroatoms. The van der Waals surface area contributed by atoms with Crippen LogP contribution < -0.4 is 0 Å². The fraction of sp³-hybridized carbons (Fsp3) is 0.579. The maximum Gasteiger partial charge on any atom is 0.250 e. The van der Waals surface area contributed by atoms with Gasteiger partial charge in [-0.05, 0) is 37.0 Å². The summed E-state index contributed by atoms with van der Waals surface area (Å²) in [6.07, 6.45) is 7.20. The van der Waals surface area contributed by atoms with Crippen molar-refractivity contribution in [1.82, 2.24) is 0 Å². The maximum absolute atomic E-state index is 6.57. The molecule has 0 N–H and O–H groups in total. The van der Waals surface area contributed by atoms with Crippen LogP contribution in [0.5, 0.6) is 0 Å². The van der Waals surface area contributed by atoms with Gasteiger partial charge in [-0.25, -0.2) is 0 Å². The van der Waals surface area contributed by atoms with Crippen molar-refractivity contribution < 1.29 is 4.43 Å². The number of rotatable bonds is 7. The van der Waals surface area contributed by atoms with E-state index in [4.69, 9.17) is 4.43 Å². The molecule has 1 nitrogen and oxygen atoms in total. The van der Waals surface area contributed by atoms with Crippen molar-refractivity contribution in [2.45, 2.75) is 71.5 Å². The summed E-state index contributed by atoms with van der Waals surface area (Å²) in [5.41, 5.74) is 1.21. The van der Waals surface area contributed by atoms with Gasteiger partial charge in [-0.1, -0.05) is 70.9 Å². The zero-order valence-corrected chi connectivity index (χ0v) is 15.7. The third-order valence-electron chi connectivity index (χ3n) is 4.37. The smallest absolute Gasteiger partial charge is 0.250 e. The minimum atomic E-state index is -1.79. The van der Waals surface area contributed by atoms with E-state index in [0.717, 1.165) is 12.2 Å². The normalized spacial score (nSPS) is 13.3. The predicted molar refractivity (Wildman–Crippen MR) is 96.8 cm³/mol. The lowest BCUT2D eigenvalue weighted by Gasteiger charge is -2.37. The molecule has 0 aliphatic heterocycles. The quantitative estimate of drug-likeness (QED) is 0.312. The fourth-order valence-corrected chi connectivity index (χ4v) is 2.93. The number of hydrogen-bond donors (Lipinski definition) is 0. The molecule has 118 valence electrons. The molecule has 0 radical (unpaired) electrons. The standard InChI is InChI=1S/C19H32OSi/c1-7-8-9-13-16-18(17-14-11-10-12-15-17)20-21(5,6)19(2,3)4/h10-12,14-16H,7-9,13H2,1-6H3/b18-16+. The Morgan fingerprint density at radius 2 is 1.71 bits per heavy atom. The third-order valence-corrected chi connectivity index (χ3v) is 8.71. The molecule has 0 amide bonds. The Morgan fingerprint density at radius 3 is 2.24 bits per heavy atom. The molecule has 0 unspecified atom stereocenters. The summed E-state index contributed by atoms with van der Waals surface area (Å²) in [5.74, 6) is 1.08. The lowest BCUT2D eigenvalue weighted by molar-refractivity contribution is 0.456. The molecular weight excluding hydrogens is 272 g/mol. The van der Waals surface area contributed by atoms with Crippen LogP contribution in [0.1, 0.15) is 58.9 Å². The first-order valence-electron chi connectivity index (χ1n) is 8.22. The molecule has 0 spiro atoms. The van der Waals surface area contributed by atoms with Crippen molar-refractivity contribution in [2.24, 2.45) is 0 Å².